The van der Waals surface area contributed by atoms with Crippen LogP contribution in [0.25, 0.3) is 0 Å². The van der Waals surface area contributed by atoms with Crippen LogP contribution in [-0.4, -0.2) is 54.9 Å². The van der Waals surface area contributed by atoms with Crippen LogP contribution in [0.2, 0.25) is 0 Å². The van der Waals surface area contributed by atoms with Gasteiger partial charge in [-0.3, -0.25) is 9.59 Å². The van der Waals surface area contributed by atoms with Crippen LogP contribution in [0.3, 0.4) is 0 Å². The first-order valence-corrected chi connectivity index (χ1v) is 9.45. The fourth-order valence-electron chi connectivity index (χ4n) is 3.38. The first-order valence-electron chi connectivity index (χ1n) is 9.45. The Morgan fingerprint density at radius 1 is 0.964 bits per heavy atom. The number of benzene rings is 2. The average molecular weight is 381 g/mol. The van der Waals surface area contributed by atoms with Crippen molar-refractivity contribution < 1.29 is 14.3 Å². The highest BCUT2D eigenvalue weighted by atomic mass is 16.5. The molecule has 2 amide bonds. The number of hydrogen-bond acceptors (Lipinski definition) is 4. The van der Waals surface area contributed by atoms with E-state index in [1.54, 1.807) is 23.0 Å². The van der Waals surface area contributed by atoms with Crippen molar-refractivity contribution in [2.24, 2.45) is 5.73 Å². The quantitative estimate of drug-likeness (QED) is 0.882. The maximum atomic E-state index is 12.8. The Kier molecular flexibility index (Phi) is 5.99. The van der Waals surface area contributed by atoms with E-state index >= 15 is 0 Å². The molecule has 1 fully saturated rings. The standard InChI is InChI=1S/C22H27N3O3/c1-15-4-7-17(8-5-15)20(23)22(27)25-12-10-24(11-13-25)21(26)18-9-6-16(2)19(14-18)28-3/h4-9,14,20H,10-13,23H2,1-3H3. The fourth-order valence-corrected chi connectivity index (χ4v) is 3.38. The molecule has 6 heteroatoms. The number of methoxy groups -OCH3 is 1. The molecule has 2 aromatic rings. The van der Waals surface area contributed by atoms with Crippen molar-refractivity contribution in [3.8, 4) is 5.75 Å². The largest absolute Gasteiger partial charge is 0.496 e. The van der Waals surface area contributed by atoms with E-state index in [1.165, 1.54) is 0 Å². The maximum absolute atomic E-state index is 12.8. The normalized spacial score (nSPS) is 15.3. The number of hydrogen-bond donors (Lipinski definition) is 1. The number of carbonyl (C=O) groups excluding carboxylic acids is 2. The molecule has 6 nitrogen and oxygen atoms in total. The monoisotopic (exact) mass is 381 g/mol. The molecule has 1 unspecified atom stereocenters. The summed E-state index contributed by atoms with van der Waals surface area (Å²) in [5.74, 6) is 0.546. The number of piperazine rings is 1. The molecular weight excluding hydrogens is 354 g/mol. The average Bonchev–Trinajstić information content (AvgIpc) is 2.73. The lowest BCUT2D eigenvalue weighted by Gasteiger charge is -2.36. The van der Waals surface area contributed by atoms with Gasteiger partial charge in [0.2, 0.25) is 5.91 Å². The van der Waals surface area contributed by atoms with E-state index in [9.17, 15) is 9.59 Å². The van der Waals surface area contributed by atoms with Crippen LogP contribution < -0.4 is 10.5 Å². The van der Waals surface area contributed by atoms with Gasteiger partial charge in [-0.15, -0.1) is 0 Å². The van der Waals surface area contributed by atoms with Crippen LogP contribution in [0.5, 0.6) is 5.75 Å². The molecule has 0 saturated carbocycles. The number of amides is 2. The van der Waals surface area contributed by atoms with Crippen molar-refractivity contribution in [1.82, 2.24) is 9.80 Å². The third-order valence-corrected chi connectivity index (χ3v) is 5.24. The van der Waals surface area contributed by atoms with Gasteiger partial charge in [0.15, 0.2) is 0 Å². The van der Waals surface area contributed by atoms with Gasteiger partial charge >= 0.3 is 0 Å². The number of aryl methyl sites for hydroxylation is 2. The number of rotatable bonds is 4. The number of nitrogens with two attached hydrogens (primary N) is 1. The Labute approximate surface area is 165 Å². The highest BCUT2D eigenvalue weighted by Crippen LogP contribution is 2.21. The van der Waals surface area contributed by atoms with Gasteiger partial charge in [-0.1, -0.05) is 35.9 Å². The van der Waals surface area contributed by atoms with Crippen molar-refractivity contribution in [3.05, 3.63) is 64.7 Å². The molecular formula is C22H27N3O3. The molecule has 0 aromatic heterocycles. The zero-order valence-corrected chi connectivity index (χ0v) is 16.6. The Morgan fingerprint density at radius 2 is 1.57 bits per heavy atom. The molecule has 0 bridgehead atoms. The van der Waals surface area contributed by atoms with Crippen molar-refractivity contribution in [3.63, 3.8) is 0 Å². The second kappa shape index (κ2) is 8.44. The van der Waals surface area contributed by atoms with Gasteiger partial charge in [0.25, 0.3) is 5.91 Å². The lowest BCUT2D eigenvalue weighted by Crippen LogP contribution is -2.52. The van der Waals surface area contributed by atoms with E-state index in [2.05, 4.69) is 0 Å². The third kappa shape index (κ3) is 4.17. The summed E-state index contributed by atoms with van der Waals surface area (Å²) in [7, 11) is 1.60. The summed E-state index contributed by atoms with van der Waals surface area (Å²) >= 11 is 0. The number of nitrogens with zero attached hydrogens (tertiary/aromatic N) is 2. The molecule has 1 atom stereocenters. The van der Waals surface area contributed by atoms with Gasteiger partial charge in [-0.25, -0.2) is 0 Å². The van der Waals surface area contributed by atoms with E-state index in [4.69, 9.17) is 10.5 Å². The molecule has 2 aromatic carbocycles. The summed E-state index contributed by atoms with van der Waals surface area (Å²) in [6.45, 7) is 5.87. The molecule has 0 aliphatic carbocycles. The SMILES string of the molecule is COc1cc(C(=O)N2CCN(C(=O)C(N)c3ccc(C)cc3)CC2)ccc1C. The van der Waals surface area contributed by atoms with Gasteiger partial charge in [0.05, 0.1) is 7.11 Å². The second-order valence-corrected chi connectivity index (χ2v) is 7.19. The minimum absolute atomic E-state index is 0.0479. The molecule has 3 rings (SSSR count). The first-order chi connectivity index (χ1) is 13.4. The van der Waals surface area contributed by atoms with E-state index < -0.39 is 6.04 Å². The Bertz CT molecular complexity index is 856. The first kappa shape index (κ1) is 19.9. The highest BCUT2D eigenvalue weighted by molar-refractivity contribution is 5.95. The zero-order chi connectivity index (χ0) is 20.3. The van der Waals surface area contributed by atoms with Crippen molar-refractivity contribution >= 4 is 11.8 Å². The highest BCUT2D eigenvalue weighted by Gasteiger charge is 2.28. The summed E-state index contributed by atoms with van der Waals surface area (Å²) in [5.41, 5.74) is 9.68. The smallest absolute Gasteiger partial charge is 0.254 e. The summed E-state index contributed by atoms with van der Waals surface area (Å²) in [4.78, 5) is 29.0. The summed E-state index contributed by atoms with van der Waals surface area (Å²) in [5, 5.41) is 0. The Balaban J connectivity index is 1.61. The topological polar surface area (TPSA) is 75.9 Å². The predicted octanol–water partition coefficient (Wildman–Crippen LogP) is 2.30. The van der Waals surface area contributed by atoms with E-state index in [-0.39, 0.29) is 11.8 Å². The van der Waals surface area contributed by atoms with Crippen molar-refractivity contribution in [2.75, 3.05) is 33.3 Å². The Morgan fingerprint density at radius 3 is 2.18 bits per heavy atom. The van der Waals surface area contributed by atoms with E-state index in [1.807, 2.05) is 50.2 Å². The second-order valence-electron chi connectivity index (χ2n) is 7.19. The molecule has 1 aliphatic heterocycles. The van der Waals surface area contributed by atoms with Crippen molar-refractivity contribution in [2.45, 2.75) is 19.9 Å². The van der Waals surface area contributed by atoms with Crippen LogP contribution in [-0.2, 0) is 4.79 Å². The summed E-state index contributed by atoms with van der Waals surface area (Å²) in [6.07, 6.45) is 0. The van der Waals surface area contributed by atoms with Crippen LogP contribution in [0.15, 0.2) is 42.5 Å². The molecule has 1 aliphatic rings. The molecule has 0 spiro atoms. The minimum Gasteiger partial charge on any atom is -0.496 e. The van der Waals surface area contributed by atoms with E-state index in [0.717, 1.165) is 16.7 Å². The summed E-state index contributed by atoms with van der Waals surface area (Å²) in [6, 6.07) is 12.5. The van der Waals surface area contributed by atoms with Crippen molar-refractivity contribution in [1.29, 1.82) is 0 Å². The van der Waals surface area contributed by atoms with Gasteiger partial charge < -0.3 is 20.3 Å². The van der Waals surface area contributed by atoms with Gasteiger partial charge in [-0.2, -0.15) is 0 Å². The summed E-state index contributed by atoms with van der Waals surface area (Å²) < 4.78 is 5.31. The van der Waals surface area contributed by atoms with Gasteiger partial charge in [0, 0.05) is 31.7 Å². The van der Waals surface area contributed by atoms with Crippen LogP contribution >= 0.6 is 0 Å². The third-order valence-electron chi connectivity index (χ3n) is 5.24. The predicted molar refractivity (Wildman–Crippen MR) is 108 cm³/mol. The van der Waals surface area contributed by atoms with Crippen LogP contribution in [0.1, 0.15) is 33.1 Å². The fraction of sp³-hybridized carbons (Fsp3) is 0.364. The maximum Gasteiger partial charge on any atom is 0.254 e. The molecule has 148 valence electrons. The zero-order valence-electron chi connectivity index (χ0n) is 16.6. The lowest BCUT2D eigenvalue weighted by atomic mass is 10.0. The molecule has 1 saturated heterocycles. The number of ether oxygens (including phenoxy) is 1. The molecule has 1 heterocycles. The number of carbonyl (C=O) groups is 2. The molecule has 28 heavy (non-hydrogen) atoms. The van der Waals surface area contributed by atoms with E-state index in [0.29, 0.717) is 37.5 Å². The van der Waals surface area contributed by atoms with Gasteiger partial charge in [-0.05, 0) is 37.1 Å². The lowest BCUT2D eigenvalue weighted by molar-refractivity contribution is -0.134. The van der Waals surface area contributed by atoms with Crippen LogP contribution in [0.4, 0.5) is 0 Å². The molecule has 2 N–H and O–H groups in total. The van der Waals surface area contributed by atoms with Crippen LogP contribution in [0, 0.1) is 13.8 Å². The minimum atomic E-state index is -0.677. The van der Waals surface area contributed by atoms with Gasteiger partial charge in [0.1, 0.15) is 11.8 Å². The Hall–Kier alpha value is -2.86. The molecule has 0 radical (unpaired) electrons.